The van der Waals surface area contributed by atoms with Crippen molar-refractivity contribution in [3.05, 3.63) is 36.0 Å². The van der Waals surface area contributed by atoms with E-state index in [1.807, 2.05) is 12.3 Å². The van der Waals surface area contributed by atoms with Crippen LogP contribution in [-0.2, 0) is 11.2 Å². The van der Waals surface area contributed by atoms with Gasteiger partial charge in [0.15, 0.2) is 0 Å². The Kier molecular flexibility index (Phi) is 5.82. The normalized spacial score (nSPS) is 20.6. The molecule has 2 heterocycles. The van der Waals surface area contributed by atoms with Gasteiger partial charge in [-0.2, -0.15) is 0 Å². The average Bonchev–Trinajstić information content (AvgIpc) is 3.15. The highest BCUT2D eigenvalue weighted by molar-refractivity contribution is 5.84. The average molecular weight is 368 g/mol. The molecule has 2 aliphatic rings. The van der Waals surface area contributed by atoms with Crippen molar-refractivity contribution in [3.8, 4) is 0 Å². The number of carbonyl (C=O) groups is 1. The highest BCUT2D eigenvalue weighted by atomic mass is 16.1. The number of hydrogen-bond acceptors (Lipinski definition) is 2. The molecule has 2 aromatic rings. The second-order valence-electron chi connectivity index (χ2n) is 8.47. The van der Waals surface area contributed by atoms with Crippen LogP contribution in [0.1, 0.15) is 63.4 Å². The first-order chi connectivity index (χ1) is 13.3. The Bertz CT molecular complexity index is 754. The van der Waals surface area contributed by atoms with E-state index in [1.54, 1.807) is 0 Å². The van der Waals surface area contributed by atoms with Gasteiger partial charge >= 0.3 is 0 Å². The molecule has 0 spiro atoms. The zero-order valence-electron chi connectivity index (χ0n) is 16.4. The van der Waals surface area contributed by atoms with E-state index in [1.165, 1.54) is 75.4 Å². The van der Waals surface area contributed by atoms with Crippen molar-refractivity contribution in [1.29, 1.82) is 0 Å². The Balaban J connectivity index is 1.34. The lowest BCUT2D eigenvalue weighted by Gasteiger charge is -2.48. The number of para-hydroxylation sites is 1. The van der Waals surface area contributed by atoms with Crippen LogP contribution in [0.2, 0.25) is 0 Å². The van der Waals surface area contributed by atoms with Gasteiger partial charge in [0, 0.05) is 35.6 Å². The molecule has 1 saturated carbocycles. The van der Waals surface area contributed by atoms with Crippen LogP contribution in [0.4, 0.5) is 0 Å². The first kappa shape index (κ1) is 18.5. The van der Waals surface area contributed by atoms with E-state index in [4.69, 9.17) is 0 Å². The predicted octanol–water partition coefficient (Wildman–Crippen LogP) is 4.41. The van der Waals surface area contributed by atoms with Gasteiger partial charge in [-0.25, -0.2) is 0 Å². The summed E-state index contributed by atoms with van der Waals surface area (Å²) < 4.78 is 0. The summed E-state index contributed by atoms with van der Waals surface area (Å²) in [5.41, 5.74) is 2.61. The van der Waals surface area contributed by atoms with E-state index < -0.39 is 0 Å². The summed E-state index contributed by atoms with van der Waals surface area (Å²) in [6, 6.07) is 8.32. The predicted molar refractivity (Wildman–Crippen MR) is 111 cm³/mol. The van der Waals surface area contributed by atoms with Crippen molar-refractivity contribution >= 4 is 16.8 Å². The van der Waals surface area contributed by atoms with Gasteiger partial charge in [0.1, 0.15) is 0 Å². The van der Waals surface area contributed by atoms with Crippen molar-refractivity contribution in [2.75, 3.05) is 19.6 Å². The van der Waals surface area contributed by atoms with Crippen LogP contribution in [0.15, 0.2) is 30.5 Å². The summed E-state index contributed by atoms with van der Waals surface area (Å²) in [5, 5.41) is 4.55. The molecule has 4 heteroatoms. The third-order valence-electron chi connectivity index (χ3n) is 6.72. The summed E-state index contributed by atoms with van der Waals surface area (Å²) in [6.07, 6.45) is 13.9. The molecule has 0 atom stereocenters. The van der Waals surface area contributed by atoms with E-state index in [-0.39, 0.29) is 11.4 Å². The van der Waals surface area contributed by atoms with E-state index in [9.17, 15) is 4.79 Å². The number of aromatic amines is 1. The first-order valence-electron chi connectivity index (χ1n) is 10.8. The second-order valence-corrected chi connectivity index (χ2v) is 8.47. The summed E-state index contributed by atoms with van der Waals surface area (Å²) in [5.74, 6) is 0.197. The van der Waals surface area contributed by atoms with Crippen LogP contribution >= 0.6 is 0 Å². The lowest BCUT2D eigenvalue weighted by molar-refractivity contribution is -0.122. The number of fused-ring (bicyclic) bond motifs is 1. The molecule has 4 rings (SSSR count). The number of aromatic nitrogens is 1. The van der Waals surface area contributed by atoms with Crippen molar-refractivity contribution in [2.24, 2.45) is 0 Å². The monoisotopic (exact) mass is 367 g/mol. The number of H-pyrrole nitrogens is 1. The van der Waals surface area contributed by atoms with Crippen molar-refractivity contribution < 1.29 is 4.79 Å². The number of nitrogens with zero attached hydrogens (tertiary/aromatic N) is 1. The molecule has 1 aromatic carbocycles. The maximum Gasteiger partial charge on any atom is 0.220 e. The Hall–Kier alpha value is -1.81. The third kappa shape index (κ3) is 4.21. The van der Waals surface area contributed by atoms with Gasteiger partial charge in [-0.1, -0.05) is 43.9 Å². The zero-order chi connectivity index (χ0) is 18.5. The van der Waals surface area contributed by atoms with E-state index in [0.29, 0.717) is 6.42 Å². The minimum Gasteiger partial charge on any atom is -0.361 e. The number of aryl methyl sites for hydroxylation is 1. The molecule has 1 aromatic heterocycles. The molecular formula is C23H33N3O. The van der Waals surface area contributed by atoms with Crippen LogP contribution in [0.5, 0.6) is 0 Å². The number of carbonyl (C=O) groups excluding carboxylic acids is 1. The highest BCUT2D eigenvalue weighted by Crippen LogP contribution is 2.35. The smallest absolute Gasteiger partial charge is 0.220 e. The molecule has 1 saturated heterocycles. The fourth-order valence-corrected chi connectivity index (χ4v) is 5.12. The third-order valence-corrected chi connectivity index (χ3v) is 6.72. The number of hydrogen-bond donors (Lipinski definition) is 2. The standard InChI is InChI=1S/C23H33N3O/c27-22(12-11-19-17-24-21-10-4-3-9-20(19)21)25-18-23(13-5-1-6-14-23)26-15-7-2-8-16-26/h3-4,9-10,17,24H,1-2,5-8,11-16,18H2,(H,25,27). The largest absolute Gasteiger partial charge is 0.361 e. The molecule has 0 radical (unpaired) electrons. The summed E-state index contributed by atoms with van der Waals surface area (Å²) in [6.45, 7) is 3.26. The van der Waals surface area contributed by atoms with Crippen LogP contribution in [0.3, 0.4) is 0 Å². The number of rotatable bonds is 6. The van der Waals surface area contributed by atoms with E-state index >= 15 is 0 Å². The van der Waals surface area contributed by atoms with Crippen LogP contribution in [-0.4, -0.2) is 41.0 Å². The van der Waals surface area contributed by atoms with Gasteiger partial charge in [0.05, 0.1) is 0 Å². The number of nitrogens with one attached hydrogen (secondary N) is 2. The Morgan fingerprint density at radius 1 is 1.04 bits per heavy atom. The van der Waals surface area contributed by atoms with Crippen LogP contribution < -0.4 is 5.32 Å². The summed E-state index contributed by atoms with van der Waals surface area (Å²) >= 11 is 0. The molecule has 1 aliphatic carbocycles. The highest BCUT2D eigenvalue weighted by Gasteiger charge is 2.38. The van der Waals surface area contributed by atoms with Gasteiger partial charge in [0.2, 0.25) is 5.91 Å². The molecule has 2 fully saturated rings. The Labute approximate surface area is 162 Å². The lowest BCUT2D eigenvalue weighted by atomic mass is 9.79. The molecule has 2 N–H and O–H groups in total. The topological polar surface area (TPSA) is 48.1 Å². The Morgan fingerprint density at radius 2 is 1.78 bits per heavy atom. The fraction of sp³-hybridized carbons (Fsp3) is 0.609. The van der Waals surface area contributed by atoms with Gasteiger partial charge in [-0.05, 0) is 56.8 Å². The van der Waals surface area contributed by atoms with E-state index in [0.717, 1.165) is 18.5 Å². The van der Waals surface area contributed by atoms with Crippen molar-refractivity contribution in [2.45, 2.75) is 69.7 Å². The summed E-state index contributed by atoms with van der Waals surface area (Å²) in [7, 11) is 0. The fourth-order valence-electron chi connectivity index (χ4n) is 5.12. The number of piperidine rings is 1. The molecular weight excluding hydrogens is 334 g/mol. The maximum absolute atomic E-state index is 12.6. The van der Waals surface area contributed by atoms with E-state index in [2.05, 4.69) is 33.4 Å². The molecule has 27 heavy (non-hydrogen) atoms. The molecule has 4 nitrogen and oxygen atoms in total. The van der Waals surface area contributed by atoms with Gasteiger partial charge < -0.3 is 10.3 Å². The summed E-state index contributed by atoms with van der Waals surface area (Å²) in [4.78, 5) is 18.6. The quantitative estimate of drug-likeness (QED) is 0.795. The van der Waals surface area contributed by atoms with Gasteiger partial charge in [-0.15, -0.1) is 0 Å². The SMILES string of the molecule is O=C(CCc1c[nH]c2ccccc12)NCC1(N2CCCCC2)CCCCC1. The van der Waals surface area contributed by atoms with Gasteiger partial charge in [-0.3, -0.25) is 9.69 Å². The maximum atomic E-state index is 12.6. The minimum absolute atomic E-state index is 0.197. The van der Waals surface area contributed by atoms with Crippen molar-refractivity contribution in [3.63, 3.8) is 0 Å². The second kappa shape index (κ2) is 8.47. The van der Waals surface area contributed by atoms with Crippen LogP contribution in [0.25, 0.3) is 10.9 Å². The molecule has 0 unspecified atom stereocenters. The molecule has 1 amide bonds. The van der Waals surface area contributed by atoms with Gasteiger partial charge in [0.25, 0.3) is 0 Å². The molecule has 1 aliphatic heterocycles. The first-order valence-corrected chi connectivity index (χ1v) is 10.8. The number of amides is 1. The minimum atomic E-state index is 0.197. The number of benzene rings is 1. The lowest BCUT2D eigenvalue weighted by Crippen LogP contribution is -2.58. The van der Waals surface area contributed by atoms with Crippen molar-refractivity contribution in [1.82, 2.24) is 15.2 Å². The Morgan fingerprint density at radius 3 is 2.59 bits per heavy atom. The molecule has 0 bridgehead atoms. The van der Waals surface area contributed by atoms with Crippen LogP contribution in [0, 0.1) is 0 Å². The zero-order valence-corrected chi connectivity index (χ0v) is 16.4. The number of likely N-dealkylation sites (tertiary alicyclic amines) is 1. The molecule has 146 valence electrons.